The number of carbonyl (C=O) groups excluding carboxylic acids is 2. The number of allylic oxidation sites excluding steroid dienone is 4. The van der Waals surface area contributed by atoms with Crippen LogP contribution in [0.2, 0.25) is 0 Å². The van der Waals surface area contributed by atoms with E-state index in [-0.39, 0.29) is 11.5 Å². The zero-order valence-corrected chi connectivity index (χ0v) is 16.0. The van der Waals surface area contributed by atoms with Gasteiger partial charge in [-0.25, -0.2) is 10.9 Å². The highest BCUT2D eigenvalue weighted by atomic mass is 16.4. The second-order valence-electron chi connectivity index (χ2n) is 8.49. The lowest BCUT2D eigenvalue weighted by molar-refractivity contribution is 0.0902. The Morgan fingerprint density at radius 1 is 0.793 bits per heavy atom. The van der Waals surface area contributed by atoms with Gasteiger partial charge < -0.3 is 4.42 Å². The molecule has 0 spiro atoms. The van der Waals surface area contributed by atoms with Gasteiger partial charge in [-0.05, 0) is 61.5 Å². The number of nitrogens with zero attached hydrogens (tertiary/aromatic N) is 2. The van der Waals surface area contributed by atoms with Crippen molar-refractivity contribution in [3.63, 3.8) is 0 Å². The molecule has 2 fully saturated rings. The molecule has 2 amide bonds. The first-order valence-corrected chi connectivity index (χ1v) is 10.3. The molecule has 4 aliphatic rings. The van der Waals surface area contributed by atoms with E-state index >= 15 is 0 Å². The van der Waals surface area contributed by atoms with Crippen molar-refractivity contribution in [3.05, 3.63) is 48.0 Å². The lowest BCUT2D eigenvalue weighted by Crippen LogP contribution is -2.20. The summed E-state index contributed by atoms with van der Waals surface area (Å²) in [6.45, 7) is 0. The molecule has 1 aromatic heterocycles. The number of amides is 2. The summed E-state index contributed by atoms with van der Waals surface area (Å²) in [6.07, 6.45) is 17.2. The second kappa shape index (κ2) is 7.46. The van der Waals surface area contributed by atoms with Crippen molar-refractivity contribution in [2.75, 3.05) is 0 Å². The summed E-state index contributed by atoms with van der Waals surface area (Å²) >= 11 is 0. The molecule has 7 heteroatoms. The minimum Gasteiger partial charge on any atom is -0.446 e. The summed E-state index contributed by atoms with van der Waals surface area (Å²) in [7, 11) is 0. The Kier molecular flexibility index (Phi) is 4.66. The number of furan rings is 1. The highest BCUT2D eigenvalue weighted by Crippen LogP contribution is 2.43. The third-order valence-corrected chi connectivity index (χ3v) is 6.58. The van der Waals surface area contributed by atoms with Crippen LogP contribution < -0.4 is 10.9 Å². The van der Waals surface area contributed by atoms with Gasteiger partial charge in [0.15, 0.2) is 11.5 Å². The van der Waals surface area contributed by atoms with Crippen molar-refractivity contribution >= 4 is 24.2 Å². The van der Waals surface area contributed by atoms with Crippen LogP contribution in [0.1, 0.15) is 46.8 Å². The Morgan fingerprint density at radius 3 is 1.66 bits per heavy atom. The third kappa shape index (κ3) is 3.69. The summed E-state index contributed by atoms with van der Waals surface area (Å²) in [4.78, 5) is 24.4. The van der Waals surface area contributed by atoms with Crippen molar-refractivity contribution in [1.82, 2.24) is 10.9 Å². The molecule has 2 N–H and O–H groups in total. The van der Waals surface area contributed by atoms with Crippen LogP contribution in [-0.2, 0) is 0 Å². The number of hydrogen-bond acceptors (Lipinski definition) is 5. The molecule has 6 atom stereocenters. The van der Waals surface area contributed by atoms with Crippen molar-refractivity contribution < 1.29 is 14.0 Å². The van der Waals surface area contributed by atoms with Crippen molar-refractivity contribution in [3.8, 4) is 0 Å². The summed E-state index contributed by atoms with van der Waals surface area (Å²) in [6, 6.07) is 2.93. The lowest BCUT2D eigenvalue weighted by Gasteiger charge is -2.11. The maximum absolute atomic E-state index is 12.2. The quantitative estimate of drug-likeness (QED) is 0.442. The third-order valence-electron chi connectivity index (χ3n) is 6.58. The summed E-state index contributed by atoms with van der Waals surface area (Å²) in [5.41, 5.74) is 4.96. The second-order valence-corrected chi connectivity index (χ2v) is 8.49. The van der Waals surface area contributed by atoms with Gasteiger partial charge in [0.2, 0.25) is 0 Å². The van der Waals surface area contributed by atoms with Gasteiger partial charge in [-0.2, -0.15) is 10.2 Å². The fourth-order valence-electron chi connectivity index (χ4n) is 5.06. The number of hydrazone groups is 2. The van der Waals surface area contributed by atoms with Crippen molar-refractivity contribution in [1.29, 1.82) is 0 Å². The zero-order chi connectivity index (χ0) is 19.8. The number of hydrogen-bond donors (Lipinski definition) is 2. The van der Waals surface area contributed by atoms with E-state index in [9.17, 15) is 9.59 Å². The Labute approximate surface area is 169 Å². The van der Waals surface area contributed by atoms with Gasteiger partial charge in [-0.15, -0.1) is 0 Å². The first-order valence-electron chi connectivity index (χ1n) is 10.3. The van der Waals surface area contributed by atoms with E-state index in [2.05, 4.69) is 45.4 Å². The van der Waals surface area contributed by atoms with Gasteiger partial charge in [0.05, 0.1) is 0 Å². The Balaban J connectivity index is 1.11. The van der Waals surface area contributed by atoms with Crippen LogP contribution in [0.25, 0.3) is 0 Å². The minimum absolute atomic E-state index is 0.0438. The van der Waals surface area contributed by atoms with E-state index in [1.807, 2.05) is 12.4 Å². The van der Waals surface area contributed by atoms with Gasteiger partial charge in [-0.3, -0.25) is 9.59 Å². The molecular weight excluding hydrogens is 368 g/mol. The van der Waals surface area contributed by atoms with Crippen LogP contribution in [0.3, 0.4) is 0 Å². The zero-order valence-electron chi connectivity index (χ0n) is 16.0. The first kappa shape index (κ1) is 18.1. The van der Waals surface area contributed by atoms with Crippen LogP contribution in [0.4, 0.5) is 0 Å². The topological polar surface area (TPSA) is 96.1 Å². The van der Waals surface area contributed by atoms with E-state index in [1.54, 1.807) is 0 Å². The molecule has 4 aliphatic carbocycles. The van der Waals surface area contributed by atoms with Gasteiger partial charge in [0, 0.05) is 24.3 Å². The monoisotopic (exact) mass is 392 g/mol. The molecule has 0 aliphatic heterocycles. The predicted molar refractivity (Wildman–Crippen MR) is 108 cm³/mol. The summed E-state index contributed by atoms with van der Waals surface area (Å²) in [5.74, 6) is 2.28. The van der Waals surface area contributed by atoms with E-state index in [0.717, 1.165) is 12.8 Å². The molecule has 2 saturated carbocycles. The molecule has 0 radical (unpaired) electrons. The lowest BCUT2D eigenvalue weighted by atomic mass is 9.95. The Morgan fingerprint density at radius 2 is 1.28 bits per heavy atom. The molecule has 0 saturated heterocycles. The molecule has 29 heavy (non-hydrogen) atoms. The average molecular weight is 392 g/mol. The maximum atomic E-state index is 12.2. The molecule has 1 aromatic rings. The number of carbonyl (C=O) groups is 2. The maximum Gasteiger partial charge on any atom is 0.307 e. The predicted octanol–water partition coefficient (Wildman–Crippen LogP) is 3.14. The molecule has 7 nitrogen and oxygen atoms in total. The molecule has 0 unspecified atom stereocenters. The van der Waals surface area contributed by atoms with Crippen LogP contribution in [-0.4, -0.2) is 24.2 Å². The first-order chi connectivity index (χ1) is 14.2. The summed E-state index contributed by atoms with van der Waals surface area (Å²) in [5, 5.41) is 8.13. The van der Waals surface area contributed by atoms with Gasteiger partial charge in [0.1, 0.15) is 0 Å². The standard InChI is InChI=1S/C22H24N4O3/c27-21(25-23-11-17-9-13-1-3-15(17)7-13)19-5-6-20(29-19)22(28)26-24-12-18-10-14-2-4-16(18)8-14/h1-6,11-18H,7-10H2,(H,25,27)(H,26,28)/b23-11-,24-12-/t13-,14-,15-,16-,17+,18+/m0/s1. The molecule has 150 valence electrons. The highest BCUT2D eigenvalue weighted by molar-refractivity contribution is 5.95. The van der Waals surface area contributed by atoms with Gasteiger partial charge in [0.25, 0.3) is 0 Å². The van der Waals surface area contributed by atoms with E-state index in [1.165, 1.54) is 25.0 Å². The Bertz CT molecular complexity index is 856. The molecule has 4 bridgehead atoms. The minimum atomic E-state index is -0.476. The molecule has 1 heterocycles. The normalized spacial score (nSPS) is 34.1. The highest BCUT2D eigenvalue weighted by Gasteiger charge is 2.35. The fraction of sp³-hybridized carbons (Fsp3) is 0.455. The molecule has 5 rings (SSSR count). The van der Waals surface area contributed by atoms with Crippen LogP contribution in [0.5, 0.6) is 0 Å². The van der Waals surface area contributed by atoms with E-state index < -0.39 is 11.8 Å². The smallest absolute Gasteiger partial charge is 0.307 e. The van der Waals surface area contributed by atoms with Gasteiger partial charge >= 0.3 is 11.8 Å². The molecule has 0 aromatic carbocycles. The van der Waals surface area contributed by atoms with Crippen molar-refractivity contribution in [2.45, 2.75) is 25.7 Å². The van der Waals surface area contributed by atoms with E-state index in [4.69, 9.17) is 4.42 Å². The average Bonchev–Trinajstić information content (AvgIpc) is 3.54. The Hall–Kier alpha value is -2.96. The number of rotatable bonds is 6. The molecular formula is C22H24N4O3. The van der Waals surface area contributed by atoms with Crippen LogP contribution in [0.15, 0.2) is 51.1 Å². The summed E-state index contributed by atoms with van der Waals surface area (Å²) < 4.78 is 5.36. The van der Waals surface area contributed by atoms with Gasteiger partial charge in [-0.1, -0.05) is 24.3 Å². The SMILES string of the molecule is O=C(N/N=C\[C@H]1C[C@H]2C=C[C@H]1C2)c1ccc(C(=O)N/N=C\[C@H]2C[C@H]3C=C[C@H]2C3)o1. The van der Waals surface area contributed by atoms with E-state index in [0.29, 0.717) is 35.5 Å². The van der Waals surface area contributed by atoms with Crippen molar-refractivity contribution in [2.24, 2.45) is 45.7 Å². The number of nitrogens with one attached hydrogen (secondary N) is 2. The van der Waals surface area contributed by atoms with Crippen LogP contribution in [0, 0.1) is 35.5 Å². The fourth-order valence-corrected chi connectivity index (χ4v) is 5.06. The van der Waals surface area contributed by atoms with Crippen LogP contribution >= 0.6 is 0 Å². The largest absolute Gasteiger partial charge is 0.446 e. The number of fused-ring (bicyclic) bond motifs is 4.